The number of H-pyrrole nitrogens is 1. The third-order valence-electron chi connectivity index (χ3n) is 3.30. The van der Waals surface area contributed by atoms with Crippen LogP contribution in [0.25, 0.3) is 17.0 Å². The smallest absolute Gasteiger partial charge is 0.279 e. The van der Waals surface area contributed by atoms with Crippen LogP contribution < -0.4 is 5.56 Å². The zero-order valence-electron chi connectivity index (χ0n) is 11.7. The first-order valence-corrected chi connectivity index (χ1v) is 6.60. The lowest BCUT2D eigenvalue weighted by Gasteiger charge is -2.10. The number of rotatable bonds is 3. The lowest BCUT2D eigenvalue weighted by Crippen LogP contribution is -2.22. The van der Waals surface area contributed by atoms with Crippen LogP contribution in [0.2, 0.25) is 0 Å². The largest absolute Gasteiger partial charge is 0.323 e. The molecule has 3 heterocycles. The molecule has 7 heteroatoms. The fourth-order valence-electron chi connectivity index (χ4n) is 2.30. The van der Waals surface area contributed by atoms with Crippen molar-refractivity contribution in [1.82, 2.24) is 29.4 Å². The third kappa shape index (κ3) is 1.82. The first kappa shape index (κ1) is 12.6. The zero-order valence-corrected chi connectivity index (χ0v) is 11.7. The number of nitrogens with zero attached hydrogens (tertiary/aromatic N) is 5. The van der Waals surface area contributed by atoms with E-state index in [4.69, 9.17) is 0 Å². The van der Waals surface area contributed by atoms with Gasteiger partial charge in [0.15, 0.2) is 0 Å². The van der Waals surface area contributed by atoms with E-state index in [0.29, 0.717) is 11.3 Å². The van der Waals surface area contributed by atoms with Gasteiger partial charge in [0.1, 0.15) is 6.33 Å². The van der Waals surface area contributed by atoms with E-state index in [2.05, 4.69) is 20.2 Å². The summed E-state index contributed by atoms with van der Waals surface area (Å²) < 4.78 is 3.12. The molecule has 104 valence electrons. The van der Waals surface area contributed by atoms with Gasteiger partial charge in [-0.2, -0.15) is 19.7 Å². The highest BCUT2D eigenvalue weighted by Crippen LogP contribution is 2.24. The highest BCUT2D eigenvalue weighted by Gasteiger charge is 2.18. The van der Waals surface area contributed by atoms with Crippen LogP contribution in [0.4, 0.5) is 0 Å². The summed E-state index contributed by atoms with van der Waals surface area (Å²) in [4.78, 5) is 19.8. The molecule has 0 unspecified atom stereocenters. The molecule has 0 aliphatic heterocycles. The van der Waals surface area contributed by atoms with Crippen LogP contribution in [-0.4, -0.2) is 29.4 Å². The Kier molecular flexibility index (Phi) is 2.89. The molecule has 0 aliphatic carbocycles. The first-order valence-electron chi connectivity index (χ1n) is 6.60. The maximum atomic E-state index is 12.5. The molecule has 0 aromatic carbocycles. The maximum absolute atomic E-state index is 12.5. The number of hydrogen-bond acceptors (Lipinski definition) is 4. The molecule has 7 nitrogen and oxygen atoms in total. The van der Waals surface area contributed by atoms with Gasteiger partial charge < -0.3 is 4.98 Å². The molecule has 0 spiro atoms. The van der Waals surface area contributed by atoms with Crippen LogP contribution in [0.1, 0.15) is 32.3 Å². The molecular weight excluding hydrogens is 256 g/mol. The second kappa shape index (κ2) is 4.59. The van der Waals surface area contributed by atoms with E-state index in [-0.39, 0.29) is 11.5 Å². The summed E-state index contributed by atoms with van der Waals surface area (Å²) in [6.45, 7) is 6.78. The van der Waals surface area contributed by atoms with Gasteiger partial charge in [-0.15, -0.1) is 0 Å². The van der Waals surface area contributed by atoms with E-state index in [1.807, 2.05) is 31.6 Å². The SMILES string of the molecule is CCn1cc(-c2[nH]c3ncnn3c(=O)c2C(C)C)cn1. The van der Waals surface area contributed by atoms with Gasteiger partial charge in [0, 0.05) is 23.9 Å². The first-order chi connectivity index (χ1) is 9.61. The van der Waals surface area contributed by atoms with Crippen LogP contribution >= 0.6 is 0 Å². The van der Waals surface area contributed by atoms with Crippen molar-refractivity contribution < 1.29 is 0 Å². The Bertz CT molecular complexity index is 810. The molecule has 0 radical (unpaired) electrons. The quantitative estimate of drug-likeness (QED) is 0.782. The molecule has 3 rings (SSSR count). The van der Waals surface area contributed by atoms with Crippen molar-refractivity contribution in [2.45, 2.75) is 33.2 Å². The van der Waals surface area contributed by atoms with E-state index in [9.17, 15) is 4.79 Å². The molecular formula is C13H16N6O. The Balaban J connectivity index is 2.32. The molecule has 1 N–H and O–H groups in total. The van der Waals surface area contributed by atoms with Gasteiger partial charge in [-0.1, -0.05) is 13.8 Å². The lowest BCUT2D eigenvalue weighted by atomic mass is 10.0. The number of nitrogens with one attached hydrogen (secondary N) is 1. The topological polar surface area (TPSA) is 80.9 Å². The zero-order chi connectivity index (χ0) is 14.3. The molecule has 0 saturated carbocycles. The molecule has 0 amide bonds. The maximum Gasteiger partial charge on any atom is 0.279 e. The second-order valence-electron chi connectivity index (χ2n) is 4.95. The Morgan fingerprint density at radius 2 is 2.15 bits per heavy atom. The van der Waals surface area contributed by atoms with Crippen molar-refractivity contribution >= 4 is 5.78 Å². The van der Waals surface area contributed by atoms with Gasteiger partial charge in [0.25, 0.3) is 5.56 Å². The van der Waals surface area contributed by atoms with E-state index in [1.165, 1.54) is 10.8 Å². The molecule has 3 aromatic rings. The summed E-state index contributed by atoms with van der Waals surface area (Å²) in [5.74, 6) is 0.519. The van der Waals surface area contributed by atoms with Crippen molar-refractivity contribution in [3.8, 4) is 11.3 Å². The minimum Gasteiger partial charge on any atom is -0.323 e. The number of hydrogen-bond donors (Lipinski definition) is 1. The molecule has 0 aliphatic rings. The van der Waals surface area contributed by atoms with Crippen LogP contribution in [0.15, 0.2) is 23.5 Å². The standard InChI is InChI=1S/C13H16N6O/c1-4-18-6-9(5-15-18)11-10(8(2)3)12(20)19-13(17-11)14-7-16-19/h5-8H,4H2,1-3H3,(H,14,16,17). The number of aromatic amines is 1. The Hall–Kier alpha value is -2.44. The average molecular weight is 272 g/mol. The highest BCUT2D eigenvalue weighted by atomic mass is 16.1. The molecule has 20 heavy (non-hydrogen) atoms. The molecule has 0 bridgehead atoms. The Morgan fingerprint density at radius 3 is 2.80 bits per heavy atom. The minimum atomic E-state index is -0.134. The monoisotopic (exact) mass is 272 g/mol. The van der Waals surface area contributed by atoms with Gasteiger partial charge in [-0.25, -0.2) is 0 Å². The van der Waals surface area contributed by atoms with Gasteiger partial charge in [-0.05, 0) is 12.8 Å². The van der Waals surface area contributed by atoms with Gasteiger partial charge >= 0.3 is 0 Å². The van der Waals surface area contributed by atoms with E-state index >= 15 is 0 Å². The van der Waals surface area contributed by atoms with E-state index in [1.54, 1.807) is 6.20 Å². The second-order valence-corrected chi connectivity index (χ2v) is 4.95. The summed E-state index contributed by atoms with van der Waals surface area (Å²) in [6, 6.07) is 0. The van der Waals surface area contributed by atoms with Crippen molar-refractivity contribution in [2.75, 3.05) is 0 Å². The van der Waals surface area contributed by atoms with Crippen molar-refractivity contribution in [2.24, 2.45) is 0 Å². The molecule has 3 aromatic heterocycles. The summed E-state index contributed by atoms with van der Waals surface area (Å²) in [5, 5.41) is 8.22. The van der Waals surface area contributed by atoms with Crippen LogP contribution in [0, 0.1) is 0 Å². The predicted octanol–water partition coefficient (Wildman–Crippen LogP) is 1.42. The van der Waals surface area contributed by atoms with Crippen LogP contribution in [0.5, 0.6) is 0 Å². The number of aryl methyl sites for hydroxylation is 1. The van der Waals surface area contributed by atoms with Crippen molar-refractivity contribution in [3.05, 3.63) is 34.6 Å². The average Bonchev–Trinajstić information content (AvgIpc) is 3.06. The van der Waals surface area contributed by atoms with Gasteiger partial charge in [-0.3, -0.25) is 9.48 Å². The van der Waals surface area contributed by atoms with Gasteiger partial charge in [0.2, 0.25) is 5.78 Å². The number of fused-ring (bicyclic) bond motifs is 1. The predicted molar refractivity (Wildman–Crippen MR) is 74.6 cm³/mol. The molecule has 0 saturated heterocycles. The highest BCUT2D eigenvalue weighted by molar-refractivity contribution is 5.63. The Labute approximate surface area is 115 Å². The van der Waals surface area contributed by atoms with Crippen LogP contribution in [-0.2, 0) is 6.54 Å². The van der Waals surface area contributed by atoms with Crippen LogP contribution in [0.3, 0.4) is 0 Å². The normalized spacial score (nSPS) is 11.6. The fourth-order valence-corrected chi connectivity index (χ4v) is 2.30. The summed E-state index contributed by atoms with van der Waals surface area (Å²) in [6.07, 6.45) is 5.05. The molecule has 0 atom stereocenters. The number of aromatic nitrogens is 6. The lowest BCUT2D eigenvalue weighted by molar-refractivity contribution is 0.660. The summed E-state index contributed by atoms with van der Waals surface area (Å²) in [7, 11) is 0. The fraction of sp³-hybridized carbons (Fsp3) is 0.385. The van der Waals surface area contributed by atoms with E-state index < -0.39 is 0 Å². The van der Waals surface area contributed by atoms with Crippen molar-refractivity contribution in [3.63, 3.8) is 0 Å². The summed E-state index contributed by atoms with van der Waals surface area (Å²) in [5.41, 5.74) is 2.22. The summed E-state index contributed by atoms with van der Waals surface area (Å²) >= 11 is 0. The Morgan fingerprint density at radius 1 is 1.35 bits per heavy atom. The molecule has 0 fully saturated rings. The van der Waals surface area contributed by atoms with Crippen molar-refractivity contribution in [1.29, 1.82) is 0 Å². The van der Waals surface area contributed by atoms with Gasteiger partial charge in [0.05, 0.1) is 11.9 Å². The van der Waals surface area contributed by atoms with E-state index in [0.717, 1.165) is 17.8 Å². The minimum absolute atomic E-state index is 0.0762. The third-order valence-corrected chi connectivity index (χ3v) is 3.30.